The maximum Gasteiger partial charge on any atom is 0.220 e. The molecule has 7 atom stereocenters. The molecule has 0 saturated carbocycles. The van der Waals surface area contributed by atoms with Crippen molar-refractivity contribution >= 4 is 5.91 Å². The Labute approximate surface area is 482 Å². The van der Waals surface area contributed by atoms with E-state index in [1.165, 1.54) is 283 Å². The first-order valence-electron chi connectivity index (χ1n) is 34.2. The molecule has 7 unspecified atom stereocenters. The summed E-state index contributed by atoms with van der Waals surface area (Å²) in [6, 6.07) is -0.821. The Morgan fingerprint density at radius 3 is 1.08 bits per heavy atom. The minimum absolute atomic E-state index is 0.180. The van der Waals surface area contributed by atoms with Crippen molar-refractivity contribution in [2.75, 3.05) is 13.2 Å². The molecule has 460 valence electrons. The van der Waals surface area contributed by atoms with Crippen LogP contribution in [0.4, 0.5) is 0 Å². The third-order valence-electron chi connectivity index (χ3n) is 16.4. The molecule has 1 saturated heterocycles. The van der Waals surface area contributed by atoms with Gasteiger partial charge in [0.25, 0.3) is 0 Å². The molecular weight excluding hydrogens is 971 g/mol. The van der Waals surface area contributed by atoms with E-state index in [0.717, 1.165) is 38.5 Å². The SMILES string of the molecule is CCCCCCCCCC/C=C\CCCCCCCCCCCCCCCCCCCCCCCCCC(=O)NC(COC1OC(CO)C(O)C(O)C1O)C(O)/C=C/CC/C=C/CCCCCCCCCCCCCCCC. The Hall–Kier alpha value is -1.59. The van der Waals surface area contributed by atoms with Gasteiger partial charge >= 0.3 is 0 Å². The Morgan fingerprint density at radius 1 is 0.423 bits per heavy atom. The van der Waals surface area contributed by atoms with Crippen molar-refractivity contribution in [2.24, 2.45) is 0 Å². The Morgan fingerprint density at radius 2 is 0.731 bits per heavy atom. The minimum Gasteiger partial charge on any atom is -0.394 e. The molecule has 0 aliphatic carbocycles. The molecule has 9 heteroatoms. The van der Waals surface area contributed by atoms with E-state index in [-0.39, 0.29) is 12.5 Å². The predicted octanol–water partition coefficient (Wildman–Crippen LogP) is 18.3. The minimum atomic E-state index is -1.57. The first-order chi connectivity index (χ1) is 38.3. The number of hydrogen-bond acceptors (Lipinski definition) is 8. The lowest BCUT2D eigenvalue weighted by molar-refractivity contribution is -0.302. The van der Waals surface area contributed by atoms with Gasteiger partial charge in [0.1, 0.15) is 24.4 Å². The maximum atomic E-state index is 13.1. The Balaban J connectivity index is 2.10. The predicted molar refractivity (Wildman–Crippen MR) is 332 cm³/mol. The van der Waals surface area contributed by atoms with Gasteiger partial charge in [-0.15, -0.1) is 0 Å². The van der Waals surface area contributed by atoms with Crippen LogP contribution in [0.3, 0.4) is 0 Å². The molecule has 0 bridgehead atoms. The number of aliphatic hydroxyl groups is 5. The molecule has 0 aromatic rings. The van der Waals surface area contributed by atoms with E-state index in [1.54, 1.807) is 6.08 Å². The molecule has 1 fully saturated rings. The second-order valence-electron chi connectivity index (χ2n) is 24.0. The largest absolute Gasteiger partial charge is 0.394 e. The van der Waals surface area contributed by atoms with Crippen molar-refractivity contribution in [3.05, 3.63) is 36.5 Å². The van der Waals surface area contributed by atoms with Crippen LogP contribution in [0.2, 0.25) is 0 Å². The summed E-state index contributed by atoms with van der Waals surface area (Å²) in [4.78, 5) is 13.1. The van der Waals surface area contributed by atoms with Crippen molar-refractivity contribution in [3.8, 4) is 0 Å². The summed E-state index contributed by atoms with van der Waals surface area (Å²) in [5.74, 6) is -0.180. The lowest BCUT2D eigenvalue weighted by Crippen LogP contribution is -2.60. The summed E-state index contributed by atoms with van der Waals surface area (Å²) in [5, 5.41) is 54.6. The number of ether oxygens (including phenoxy) is 2. The van der Waals surface area contributed by atoms with E-state index < -0.39 is 49.5 Å². The van der Waals surface area contributed by atoms with E-state index in [4.69, 9.17) is 9.47 Å². The lowest BCUT2D eigenvalue weighted by Gasteiger charge is -2.40. The highest BCUT2D eigenvalue weighted by Gasteiger charge is 2.44. The van der Waals surface area contributed by atoms with Crippen molar-refractivity contribution in [2.45, 2.75) is 384 Å². The third-order valence-corrected chi connectivity index (χ3v) is 16.4. The zero-order valence-corrected chi connectivity index (χ0v) is 51.4. The van der Waals surface area contributed by atoms with Gasteiger partial charge in [0.2, 0.25) is 5.91 Å². The van der Waals surface area contributed by atoms with E-state index in [2.05, 4.69) is 43.5 Å². The average molecular weight is 1100 g/mol. The molecule has 1 aliphatic rings. The maximum absolute atomic E-state index is 13.1. The van der Waals surface area contributed by atoms with E-state index >= 15 is 0 Å². The van der Waals surface area contributed by atoms with E-state index in [9.17, 15) is 30.3 Å². The summed E-state index contributed by atoms with van der Waals surface area (Å²) in [6.07, 6.45) is 71.2. The van der Waals surface area contributed by atoms with Crippen molar-refractivity contribution in [1.82, 2.24) is 5.32 Å². The van der Waals surface area contributed by atoms with Gasteiger partial charge in [-0.3, -0.25) is 4.79 Å². The van der Waals surface area contributed by atoms with Gasteiger partial charge in [-0.05, 0) is 57.8 Å². The van der Waals surface area contributed by atoms with Gasteiger partial charge in [0.15, 0.2) is 6.29 Å². The van der Waals surface area contributed by atoms with Crippen LogP contribution < -0.4 is 5.32 Å². The normalized spacial score (nSPS) is 18.8. The second kappa shape index (κ2) is 58.6. The Bertz CT molecular complexity index is 1320. The van der Waals surface area contributed by atoms with Crippen molar-refractivity contribution in [3.63, 3.8) is 0 Å². The molecule has 78 heavy (non-hydrogen) atoms. The van der Waals surface area contributed by atoms with Gasteiger partial charge in [-0.2, -0.15) is 0 Å². The van der Waals surface area contributed by atoms with Gasteiger partial charge in [-0.1, -0.05) is 314 Å². The molecule has 0 aromatic heterocycles. The molecule has 9 nitrogen and oxygen atoms in total. The molecular formula is C69H131NO8. The zero-order chi connectivity index (χ0) is 56.5. The molecule has 1 aliphatic heterocycles. The van der Waals surface area contributed by atoms with Crippen LogP contribution in [0.15, 0.2) is 36.5 Å². The molecule has 1 heterocycles. The van der Waals surface area contributed by atoms with E-state index in [0.29, 0.717) is 6.42 Å². The third kappa shape index (κ3) is 47.0. The quantitative estimate of drug-likeness (QED) is 0.0261. The molecule has 1 rings (SSSR count). The smallest absolute Gasteiger partial charge is 0.220 e. The fraction of sp³-hybridized carbons (Fsp3) is 0.899. The standard InChI is InChI=1S/C69H131NO8/c1-3-5-7-9-11-13-15-17-19-21-23-25-26-27-28-29-30-31-32-33-34-35-36-37-38-39-41-43-45-47-49-51-53-55-57-59-65(73)70-62(61-77-69-68(76)67(75)66(74)64(60-71)78-69)63(72)58-56-54-52-50-48-46-44-42-40-24-22-20-18-16-14-12-10-8-6-4-2/h21,23,48,50,56,58,62-64,66-69,71-72,74-76H,3-20,22,24-47,49,51-55,57,59-61H2,1-2H3,(H,70,73)/b23-21-,50-48+,58-56+. The highest BCUT2D eigenvalue weighted by molar-refractivity contribution is 5.76. The van der Waals surface area contributed by atoms with Crippen LogP contribution >= 0.6 is 0 Å². The van der Waals surface area contributed by atoms with Crippen molar-refractivity contribution < 1.29 is 39.8 Å². The number of amides is 1. The molecule has 0 aromatic carbocycles. The fourth-order valence-corrected chi connectivity index (χ4v) is 11.1. The number of carbonyl (C=O) groups is 1. The number of hydrogen-bond donors (Lipinski definition) is 6. The van der Waals surface area contributed by atoms with Crippen LogP contribution in [0.5, 0.6) is 0 Å². The lowest BCUT2D eigenvalue weighted by atomic mass is 9.99. The second-order valence-corrected chi connectivity index (χ2v) is 24.0. The van der Waals surface area contributed by atoms with Crippen LogP contribution in [-0.4, -0.2) is 87.5 Å². The number of nitrogens with one attached hydrogen (secondary N) is 1. The summed E-state index contributed by atoms with van der Waals surface area (Å²) in [6.45, 7) is 3.81. The summed E-state index contributed by atoms with van der Waals surface area (Å²) in [7, 11) is 0. The molecule has 0 radical (unpaired) electrons. The van der Waals surface area contributed by atoms with Gasteiger partial charge in [0.05, 0.1) is 25.4 Å². The highest BCUT2D eigenvalue weighted by Crippen LogP contribution is 2.23. The molecule has 1 amide bonds. The highest BCUT2D eigenvalue weighted by atomic mass is 16.7. The summed E-state index contributed by atoms with van der Waals surface area (Å²) >= 11 is 0. The van der Waals surface area contributed by atoms with Gasteiger partial charge in [-0.25, -0.2) is 0 Å². The van der Waals surface area contributed by atoms with Crippen LogP contribution in [0.1, 0.15) is 341 Å². The number of rotatable bonds is 60. The first kappa shape index (κ1) is 74.4. The zero-order valence-electron chi connectivity index (χ0n) is 51.4. The summed E-state index contributed by atoms with van der Waals surface area (Å²) < 4.78 is 11.3. The van der Waals surface area contributed by atoms with Gasteiger partial charge in [0, 0.05) is 6.42 Å². The fourth-order valence-electron chi connectivity index (χ4n) is 11.1. The topological polar surface area (TPSA) is 149 Å². The molecule has 6 N–H and O–H groups in total. The van der Waals surface area contributed by atoms with E-state index in [1.807, 2.05) is 6.08 Å². The molecule has 0 spiro atoms. The number of carbonyl (C=O) groups excluding carboxylic acids is 1. The average Bonchev–Trinajstić information content (AvgIpc) is 3.45. The number of allylic oxidation sites excluding steroid dienone is 5. The number of unbranched alkanes of at least 4 members (excludes halogenated alkanes) is 46. The Kier molecular flexibility index (Phi) is 55.9. The van der Waals surface area contributed by atoms with Crippen LogP contribution in [-0.2, 0) is 14.3 Å². The van der Waals surface area contributed by atoms with Crippen LogP contribution in [0, 0.1) is 0 Å². The number of aliphatic hydroxyl groups excluding tert-OH is 5. The first-order valence-corrected chi connectivity index (χ1v) is 34.2. The van der Waals surface area contributed by atoms with Crippen LogP contribution in [0.25, 0.3) is 0 Å². The van der Waals surface area contributed by atoms with Gasteiger partial charge < -0.3 is 40.3 Å². The monoisotopic (exact) mass is 1100 g/mol. The summed E-state index contributed by atoms with van der Waals surface area (Å²) in [5.41, 5.74) is 0. The van der Waals surface area contributed by atoms with Crippen molar-refractivity contribution in [1.29, 1.82) is 0 Å².